The summed E-state index contributed by atoms with van der Waals surface area (Å²) in [5, 5.41) is 40.4. The van der Waals surface area contributed by atoms with Crippen molar-refractivity contribution >= 4 is 35.3 Å². The third-order valence-corrected chi connectivity index (χ3v) is 8.00. The molecule has 2 fully saturated rings. The van der Waals surface area contributed by atoms with Gasteiger partial charge in [-0.05, 0) is 59.6 Å². The minimum Gasteiger partial charge on any atom is -0.545 e. The topological polar surface area (TPSA) is 193 Å². The molecule has 2 aliphatic rings. The second-order valence-corrected chi connectivity index (χ2v) is 12.1. The van der Waals surface area contributed by atoms with E-state index in [0.29, 0.717) is 0 Å². The molecule has 6 aromatic rings. The maximum atomic E-state index is 10.1. The van der Waals surface area contributed by atoms with Gasteiger partial charge in [0.05, 0.1) is 23.9 Å². The van der Waals surface area contributed by atoms with E-state index >= 15 is 0 Å². The predicted molar refractivity (Wildman–Crippen MR) is 216 cm³/mol. The molecule has 0 aliphatic carbocycles. The molecule has 2 aliphatic heterocycles. The van der Waals surface area contributed by atoms with Crippen molar-refractivity contribution in [1.29, 1.82) is 0 Å². The van der Waals surface area contributed by atoms with Crippen LogP contribution < -0.4 is 30.2 Å². The number of carboxylic acid groups (broad SMARTS) is 4. The van der Waals surface area contributed by atoms with Crippen LogP contribution in [0.3, 0.4) is 0 Å². The van der Waals surface area contributed by atoms with Crippen molar-refractivity contribution < 1.29 is 81.4 Å². The zero-order chi connectivity index (χ0) is 41.8. The molecule has 0 amide bonds. The van der Waals surface area contributed by atoms with E-state index in [-0.39, 0.29) is 64.1 Å². The molecule has 14 heteroatoms. The summed E-state index contributed by atoms with van der Waals surface area (Å²) in [6, 6.07) is 40.5. The summed E-state index contributed by atoms with van der Waals surface area (Å²) in [6.07, 6.45) is 14.4. The number of anilines is 2. The number of nitrogens with zero attached hydrogens (tertiary/aromatic N) is 4. The molecule has 0 saturated carbocycles. The molecular formula is C46H44N4O8Zn2. The van der Waals surface area contributed by atoms with Crippen LogP contribution in [0.4, 0.5) is 11.4 Å². The average Bonchev–Trinajstić information content (AvgIpc) is 4.04. The largest absolute Gasteiger partial charge is 2.00 e. The number of hydrogen-bond donors (Lipinski definition) is 0. The van der Waals surface area contributed by atoms with Crippen molar-refractivity contribution in [2.24, 2.45) is 0 Å². The first-order valence-corrected chi connectivity index (χ1v) is 18.1. The van der Waals surface area contributed by atoms with Gasteiger partial charge in [0.25, 0.3) is 0 Å². The quantitative estimate of drug-likeness (QED) is 0.175. The van der Waals surface area contributed by atoms with E-state index in [9.17, 15) is 39.6 Å². The first-order valence-electron chi connectivity index (χ1n) is 18.1. The predicted octanol–water partition coefficient (Wildman–Crippen LogP) is 3.41. The van der Waals surface area contributed by atoms with Gasteiger partial charge in [-0.25, -0.2) is 0 Å². The number of rotatable bonds is 6. The summed E-state index contributed by atoms with van der Waals surface area (Å²) in [5.41, 5.74) is 3.45. The Morgan fingerprint density at radius 2 is 0.650 bits per heavy atom. The van der Waals surface area contributed by atoms with Gasteiger partial charge in [0.15, 0.2) is 0 Å². The number of carbonyl (C=O) groups is 4. The smallest absolute Gasteiger partial charge is 0.545 e. The van der Waals surface area contributed by atoms with Crippen molar-refractivity contribution in [2.75, 3.05) is 36.0 Å². The molecule has 0 atom stereocenters. The Balaban J connectivity index is 0. The molecule has 4 heterocycles. The van der Waals surface area contributed by atoms with Gasteiger partial charge in [-0.1, -0.05) is 121 Å². The minimum absolute atomic E-state index is 0. The summed E-state index contributed by atoms with van der Waals surface area (Å²) in [4.78, 5) is 53.0. The first-order chi connectivity index (χ1) is 28.2. The van der Waals surface area contributed by atoms with Crippen LogP contribution in [0, 0.1) is 12.8 Å². The van der Waals surface area contributed by atoms with Crippen molar-refractivity contribution in [1.82, 2.24) is 9.97 Å². The van der Waals surface area contributed by atoms with Gasteiger partial charge < -0.3 is 62.2 Å². The molecule has 4 aromatic carbocycles. The monoisotopic (exact) mass is 908 g/mol. The molecule has 0 spiro atoms. The Bertz CT molecular complexity index is 1810. The molecule has 12 nitrogen and oxygen atoms in total. The fourth-order valence-corrected chi connectivity index (χ4v) is 5.05. The van der Waals surface area contributed by atoms with Crippen LogP contribution >= 0.6 is 0 Å². The summed E-state index contributed by atoms with van der Waals surface area (Å²) < 4.78 is 0. The zero-order valence-electron chi connectivity index (χ0n) is 35.0. The Morgan fingerprint density at radius 1 is 0.417 bits per heavy atom. The van der Waals surface area contributed by atoms with Gasteiger partial charge in [0, 0.05) is 36.2 Å². The van der Waals surface area contributed by atoms with Gasteiger partial charge in [0.2, 0.25) is 0 Å². The number of carbonyl (C=O) groups excluding carboxylic acids is 4. The van der Waals surface area contributed by atoms with Crippen LogP contribution in [-0.2, 0) is 39.0 Å². The van der Waals surface area contributed by atoms with Crippen LogP contribution in [0.15, 0.2) is 170 Å². The fraction of sp³-hybridized carbons (Fsp3) is 0.130. The van der Waals surface area contributed by atoms with Crippen LogP contribution in [0.1, 0.15) is 57.1 Å². The van der Waals surface area contributed by atoms with Crippen molar-refractivity contribution in [2.45, 2.75) is 12.8 Å². The maximum absolute atomic E-state index is 10.1. The fourth-order valence-electron chi connectivity index (χ4n) is 5.05. The molecule has 2 saturated heterocycles. The summed E-state index contributed by atoms with van der Waals surface area (Å²) >= 11 is 0. The van der Waals surface area contributed by atoms with E-state index in [0.717, 1.165) is 26.2 Å². The van der Waals surface area contributed by atoms with Gasteiger partial charge in [0.1, 0.15) is 0 Å². The van der Waals surface area contributed by atoms with E-state index in [1.54, 1.807) is 72.8 Å². The first kappa shape index (κ1) is 51.9. The summed E-state index contributed by atoms with van der Waals surface area (Å²) in [7, 11) is 0. The Kier molecular flexibility index (Phi) is 26.8. The van der Waals surface area contributed by atoms with Crippen LogP contribution in [0.25, 0.3) is 0 Å². The third-order valence-electron chi connectivity index (χ3n) is 8.00. The molecular weight excluding hydrogens is 867 g/mol. The molecule has 300 valence electrons. The number of carboxylic acids is 4. The normalized spacial score (nSPS) is 11.7. The van der Waals surface area contributed by atoms with Gasteiger partial charge >= 0.3 is 41.8 Å². The van der Waals surface area contributed by atoms with Gasteiger partial charge in [-0.2, -0.15) is 12.8 Å². The number of aromatic nitrogens is 2. The second-order valence-electron chi connectivity index (χ2n) is 12.1. The number of benzene rings is 4. The van der Waals surface area contributed by atoms with Gasteiger partial charge in [-0.3, -0.25) is 9.97 Å². The molecule has 0 radical (unpaired) electrons. The van der Waals surface area contributed by atoms with E-state index in [2.05, 4.69) is 56.9 Å². The minimum atomic E-state index is -1.13. The molecule has 2 aromatic heterocycles. The second kappa shape index (κ2) is 30.9. The molecule has 0 N–H and O–H groups in total. The van der Waals surface area contributed by atoms with Crippen molar-refractivity contribution in [3.05, 3.63) is 205 Å². The Hall–Kier alpha value is -6.09. The Morgan fingerprint density at radius 3 is 0.817 bits per heavy atom. The van der Waals surface area contributed by atoms with E-state index in [4.69, 9.17) is 0 Å². The molecule has 8 rings (SSSR count). The number of aromatic carboxylic acids is 4. The van der Waals surface area contributed by atoms with E-state index < -0.39 is 23.9 Å². The SMILES string of the molecule is O=C([O-])c1ccccc1.O=C([O-])c1ccccc1.O=C([O-])c1ccccc1.O=C([O-])c1ccccc1.[H+].[H+].[Zn+2].[Zn+2].c1cc(N2C[CH-]CC2)ccn1.c1cc(N2C[CH-]CC2)ccn1. The van der Waals surface area contributed by atoms with Crippen LogP contribution in [0.5, 0.6) is 0 Å². The molecule has 0 bridgehead atoms. The summed E-state index contributed by atoms with van der Waals surface area (Å²) in [6.45, 7) is 4.49. The van der Waals surface area contributed by atoms with Crippen LogP contribution in [0.2, 0.25) is 0 Å². The maximum Gasteiger partial charge on any atom is 2.00 e. The standard InChI is InChI=1S/2C9H11N2.4C7H6O2.2Zn/c2*1-2-8-11(7-1)9-3-5-10-6-4-9;4*8-7(9)6-4-2-1-3-5-6;;/h2*1,3-6H,2,7-8H2;4*1-5H,(H,8,9);;/q2*-1;;;;;2*+2/p-2. The Labute approximate surface area is 379 Å². The van der Waals surface area contributed by atoms with Gasteiger partial charge in [-0.15, -0.1) is 13.1 Å². The van der Waals surface area contributed by atoms with Crippen molar-refractivity contribution in [3.8, 4) is 0 Å². The molecule has 60 heavy (non-hydrogen) atoms. The third kappa shape index (κ3) is 21.1. The number of hydrogen-bond acceptors (Lipinski definition) is 12. The van der Waals surface area contributed by atoms with E-state index in [1.165, 1.54) is 72.7 Å². The van der Waals surface area contributed by atoms with Crippen LogP contribution in [-0.4, -0.2) is 60.0 Å². The zero-order valence-corrected chi connectivity index (χ0v) is 39.0. The average molecular weight is 912 g/mol. The molecule has 0 unspecified atom stereocenters. The summed E-state index contributed by atoms with van der Waals surface area (Å²) in [5.74, 6) is -4.52. The van der Waals surface area contributed by atoms with E-state index in [1.807, 2.05) is 24.8 Å². The number of pyridine rings is 2. The van der Waals surface area contributed by atoms with Crippen molar-refractivity contribution in [3.63, 3.8) is 0 Å².